The maximum Gasteiger partial charge on any atom is 0.247 e. The van der Waals surface area contributed by atoms with Gasteiger partial charge in [-0.2, -0.15) is 0 Å². The van der Waals surface area contributed by atoms with Crippen LogP contribution in [0.2, 0.25) is 0 Å². The van der Waals surface area contributed by atoms with Crippen LogP contribution in [-0.4, -0.2) is 65.6 Å². The number of para-hydroxylation sites is 1. The Morgan fingerprint density at radius 1 is 1.22 bits per heavy atom. The molecule has 9 nitrogen and oxygen atoms in total. The maximum atomic E-state index is 13.4. The lowest BCUT2D eigenvalue weighted by Crippen LogP contribution is -2.45. The molecule has 2 aromatic carbocycles. The molecule has 0 aliphatic rings. The lowest BCUT2D eigenvalue weighted by molar-refractivity contribution is -0.140. The molecule has 3 rings (SSSR count). The Bertz CT molecular complexity index is 1080. The van der Waals surface area contributed by atoms with E-state index in [0.29, 0.717) is 30.0 Å². The van der Waals surface area contributed by atoms with Crippen molar-refractivity contribution in [1.29, 1.82) is 0 Å². The van der Waals surface area contributed by atoms with Crippen LogP contribution in [-0.2, 0) is 20.9 Å². The van der Waals surface area contributed by atoms with E-state index in [0.717, 1.165) is 5.52 Å². The van der Waals surface area contributed by atoms with Gasteiger partial charge in [-0.05, 0) is 29.8 Å². The molecule has 1 N–H and O–H groups in total. The van der Waals surface area contributed by atoms with E-state index in [1.807, 2.05) is 24.3 Å². The van der Waals surface area contributed by atoms with E-state index < -0.39 is 6.04 Å². The van der Waals surface area contributed by atoms with Crippen molar-refractivity contribution in [3.05, 3.63) is 66.7 Å². The number of hydrogen-bond acceptors (Lipinski definition) is 6. The van der Waals surface area contributed by atoms with Crippen LogP contribution in [0.15, 0.2) is 61.2 Å². The number of hydrogen-bond donors (Lipinski definition) is 1. The van der Waals surface area contributed by atoms with E-state index in [-0.39, 0.29) is 24.9 Å². The Morgan fingerprint density at radius 3 is 2.78 bits per heavy atom. The summed E-state index contributed by atoms with van der Waals surface area (Å²) in [6.45, 7) is 4.55. The second kappa shape index (κ2) is 11.1. The minimum Gasteiger partial charge on any atom is -0.497 e. The van der Waals surface area contributed by atoms with Crippen molar-refractivity contribution in [3.8, 4) is 5.75 Å². The van der Waals surface area contributed by atoms with Crippen molar-refractivity contribution in [3.63, 3.8) is 0 Å². The first-order valence-electron chi connectivity index (χ1n) is 10.2. The Kier molecular flexibility index (Phi) is 7.93. The second-order valence-electron chi connectivity index (χ2n) is 7.03. The molecular formula is C23H27N5O4. The first-order chi connectivity index (χ1) is 15.6. The Balaban J connectivity index is 1.94. The second-order valence-corrected chi connectivity index (χ2v) is 7.03. The van der Waals surface area contributed by atoms with E-state index in [4.69, 9.17) is 9.47 Å². The average Bonchev–Trinajstić information content (AvgIpc) is 3.22. The molecule has 0 fully saturated rings. The van der Waals surface area contributed by atoms with Crippen molar-refractivity contribution in [2.24, 2.45) is 0 Å². The van der Waals surface area contributed by atoms with Crippen molar-refractivity contribution >= 4 is 22.8 Å². The van der Waals surface area contributed by atoms with Gasteiger partial charge in [-0.25, -0.2) is 4.68 Å². The number of carbonyl (C=O) groups is 2. The van der Waals surface area contributed by atoms with Gasteiger partial charge in [0.05, 0.1) is 19.2 Å². The van der Waals surface area contributed by atoms with Crippen molar-refractivity contribution in [2.45, 2.75) is 12.6 Å². The SMILES string of the molecule is C=CCN(C(=O)Cn1nnc2ccccc21)[C@H](C(=O)NCCOC)c1cccc(OC)c1. The summed E-state index contributed by atoms with van der Waals surface area (Å²) < 4.78 is 11.9. The predicted molar refractivity (Wildman–Crippen MR) is 120 cm³/mol. The van der Waals surface area contributed by atoms with Gasteiger partial charge in [-0.15, -0.1) is 11.7 Å². The zero-order valence-corrected chi connectivity index (χ0v) is 18.2. The average molecular weight is 438 g/mol. The molecule has 0 saturated carbocycles. The van der Waals surface area contributed by atoms with Gasteiger partial charge in [-0.1, -0.05) is 35.6 Å². The number of amides is 2. The molecule has 32 heavy (non-hydrogen) atoms. The molecular weight excluding hydrogens is 410 g/mol. The highest BCUT2D eigenvalue weighted by atomic mass is 16.5. The Labute approximate surface area is 186 Å². The first-order valence-corrected chi connectivity index (χ1v) is 10.2. The van der Waals surface area contributed by atoms with Gasteiger partial charge >= 0.3 is 0 Å². The molecule has 0 bridgehead atoms. The molecule has 168 valence electrons. The maximum absolute atomic E-state index is 13.4. The third kappa shape index (κ3) is 5.30. The molecule has 0 radical (unpaired) electrons. The number of carbonyl (C=O) groups excluding carboxylic acids is 2. The highest BCUT2D eigenvalue weighted by Gasteiger charge is 2.31. The quantitative estimate of drug-likeness (QED) is 0.364. The predicted octanol–water partition coefficient (Wildman–Crippen LogP) is 1.96. The van der Waals surface area contributed by atoms with Gasteiger partial charge in [-0.3, -0.25) is 9.59 Å². The highest BCUT2D eigenvalue weighted by Crippen LogP contribution is 2.25. The molecule has 0 spiro atoms. The van der Waals surface area contributed by atoms with Crippen LogP contribution in [0.25, 0.3) is 11.0 Å². The molecule has 0 saturated heterocycles. The van der Waals surface area contributed by atoms with Crippen LogP contribution in [0.5, 0.6) is 5.75 Å². The molecule has 9 heteroatoms. The summed E-state index contributed by atoms with van der Waals surface area (Å²) in [4.78, 5) is 28.1. The zero-order valence-electron chi connectivity index (χ0n) is 18.2. The van der Waals surface area contributed by atoms with Gasteiger partial charge in [0.25, 0.3) is 0 Å². The van der Waals surface area contributed by atoms with Crippen LogP contribution < -0.4 is 10.1 Å². The molecule has 1 heterocycles. The smallest absolute Gasteiger partial charge is 0.247 e. The standard InChI is InChI=1S/C23H27N5O4/c1-4-13-27(21(29)16-28-20-11-6-5-10-19(20)25-26-28)22(23(30)24-12-14-31-2)17-8-7-9-18(15-17)32-3/h4-11,15,22H,1,12-14,16H2,2-3H3,(H,24,30)/t22-/m0/s1. The summed E-state index contributed by atoms with van der Waals surface area (Å²) in [6.07, 6.45) is 1.59. The minimum atomic E-state index is -0.887. The number of fused-ring (bicyclic) bond motifs is 1. The summed E-state index contributed by atoms with van der Waals surface area (Å²) in [5.74, 6) is -0.0327. The third-order valence-corrected chi connectivity index (χ3v) is 4.93. The van der Waals surface area contributed by atoms with Crippen LogP contribution in [0, 0.1) is 0 Å². The van der Waals surface area contributed by atoms with Crippen molar-refractivity contribution in [1.82, 2.24) is 25.2 Å². The topological polar surface area (TPSA) is 98.6 Å². The van der Waals surface area contributed by atoms with Crippen molar-refractivity contribution < 1.29 is 19.1 Å². The summed E-state index contributed by atoms with van der Waals surface area (Å²) in [7, 11) is 3.11. The number of benzene rings is 2. The van der Waals surface area contributed by atoms with E-state index in [9.17, 15) is 9.59 Å². The molecule has 0 aliphatic carbocycles. The fourth-order valence-corrected chi connectivity index (χ4v) is 3.40. The number of ether oxygens (including phenoxy) is 2. The third-order valence-electron chi connectivity index (χ3n) is 4.93. The van der Waals surface area contributed by atoms with Gasteiger partial charge in [0, 0.05) is 20.2 Å². The monoisotopic (exact) mass is 437 g/mol. The van der Waals surface area contributed by atoms with Crippen LogP contribution in [0.1, 0.15) is 11.6 Å². The number of methoxy groups -OCH3 is 2. The van der Waals surface area contributed by atoms with E-state index in [1.165, 1.54) is 9.58 Å². The fourth-order valence-electron chi connectivity index (χ4n) is 3.40. The zero-order chi connectivity index (χ0) is 22.9. The molecule has 0 aliphatic heterocycles. The van der Waals surface area contributed by atoms with Crippen LogP contribution >= 0.6 is 0 Å². The van der Waals surface area contributed by atoms with Crippen LogP contribution in [0.4, 0.5) is 0 Å². The normalized spacial score (nSPS) is 11.7. The Hall–Kier alpha value is -3.72. The molecule has 0 unspecified atom stereocenters. The summed E-state index contributed by atoms with van der Waals surface area (Å²) in [5, 5.41) is 11.0. The number of rotatable bonds is 11. The minimum absolute atomic E-state index is 0.0693. The van der Waals surface area contributed by atoms with Gasteiger partial charge in [0.2, 0.25) is 11.8 Å². The lowest BCUT2D eigenvalue weighted by Gasteiger charge is -2.30. The summed E-state index contributed by atoms with van der Waals surface area (Å²) in [5.41, 5.74) is 2.05. The number of aromatic nitrogens is 3. The number of nitrogens with one attached hydrogen (secondary N) is 1. The van der Waals surface area contributed by atoms with Crippen LogP contribution in [0.3, 0.4) is 0 Å². The fraction of sp³-hybridized carbons (Fsp3) is 0.304. The molecule has 1 atom stereocenters. The first kappa shape index (κ1) is 23.0. The van der Waals surface area contributed by atoms with E-state index >= 15 is 0 Å². The van der Waals surface area contributed by atoms with Gasteiger partial charge in [0.15, 0.2) is 0 Å². The van der Waals surface area contributed by atoms with E-state index in [2.05, 4.69) is 22.2 Å². The lowest BCUT2D eigenvalue weighted by atomic mass is 10.0. The molecule has 2 amide bonds. The molecule has 1 aromatic heterocycles. The van der Waals surface area contributed by atoms with Gasteiger partial charge < -0.3 is 19.7 Å². The summed E-state index contributed by atoms with van der Waals surface area (Å²) in [6, 6.07) is 13.6. The van der Waals surface area contributed by atoms with Crippen molar-refractivity contribution in [2.75, 3.05) is 33.9 Å². The highest BCUT2D eigenvalue weighted by molar-refractivity contribution is 5.89. The summed E-state index contributed by atoms with van der Waals surface area (Å²) >= 11 is 0. The largest absolute Gasteiger partial charge is 0.497 e. The Morgan fingerprint density at radius 2 is 2.03 bits per heavy atom. The molecule has 3 aromatic rings. The van der Waals surface area contributed by atoms with E-state index in [1.54, 1.807) is 44.6 Å². The van der Waals surface area contributed by atoms with Gasteiger partial charge in [0.1, 0.15) is 23.9 Å². The number of nitrogens with zero attached hydrogens (tertiary/aromatic N) is 4.